The highest BCUT2D eigenvalue weighted by Gasteiger charge is 2.72. The number of likely N-dealkylation sites (N-methyl/N-ethyl adjacent to an activating group) is 1. The van der Waals surface area contributed by atoms with Gasteiger partial charge in [0, 0.05) is 45.2 Å². The highest BCUT2D eigenvalue weighted by Crippen LogP contribution is 2.67. The van der Waals surface area contributed by atoms with Crippen LogP contribution in [-0.4, -0.2) is 94.2 Å². The molecule has 2 spiro atoms. The molecule has 1 aromatic rings. The van der Waals surface area contributed by atoms with Crippen LogP contribution in [0.5, 0.6) is 5.75 Å². The van der Waals surface area contributed by atoms with Gasteiger partial charge in [0.25, 0.3) is 5.91 Å². The molecular weight excluding hydrogens is 582 g/mol. The number of fused-ring (bicyclic) bond motifs is 6. The van der Waals surface area contributed by atoms with E-state index in [4.69, 9.17) is 23.7 Å². The molecule has 0 unspecified atom stereocenters. The van der Waals surface area contributed by atoms with Crippen molar-refractivity contribution in [1.29, 1.82) is 0 Å². The van der Waals surface area contributed by atoms with Crippen LogP contribution in [0.4, 0.5) is 5.69 Å². The zero-order valence-corrected chi connectivity index (χ0v) is 27.2. The normalized spacial score (nSPS) is 29.5. The molecule has 5 aliphatic rings. The average Bonchev–Trinajstić information content (AvgIpc) is 3.61. The zero-order chi connectivity index (χ0) is 32.6. The first kappa shape index (κ1) is 31.7. The van der Waals surface area contributed by atoms with Crippen LogP contribution in [0.15, 0.2) is 34.6 Å². The molecule has 0 radical (unpaired) electrons. The summed E-state index contributed by atoms with van der Waals surface area (Å²) < 4.78 is 31.7. The first-order chi connectivity index (χ1) is 21.2. The molecule has 12 nitrogen and oxygen atoms in total. The number of carbonyl (C=O) groups excluding carboxylic acids is 3. The van der Waals surface area contributed by atoms with E-state index in [1.165, 1.54) is 13.8 Å². The Bertz CT molecular complexity index is 1520. The van der Waals surface area contributed by atoms with Crippen LogP contribution in [0.2, 0.25) is 0 Å². The van der Waals surface area contributed by atoms with E-state index in [0.29, 0.717) is 35.3 Å². The molecule has 3 aliphatic carbocycles. The molecule has 0 saturated carbocycles. The molecule has 12 heteroatoms. The van der Waals surface area contributed by atoms with Crippen molar-refractivity contribution in [2.75, 3.05) is 59.5 Å². The van der Waals surface area contributed by atoms with E-state index in [1.807, 2.05) is 57.9 Å². The van der Waals surface area contributed by atoms with Crippen LogP contribution >= 0.6 is 0 Å². The summed E-state index contributed by atoms with van der Waals surface area (Å²) in [6.07, 6.45) is 1.10. The van der Waals surface area contributed by atoms with Crippen LogP contribution in [0.3, 0.4) is 0 Å². The third kappa shape index (κ3) is 4.33. The Kier molecular flexibility index (Phi) is 7.68. The lowest BCUT2D eigenvalue weighted by Crippen LogP contribution is -2.67. The van der Waals surface area contributed by atoms with Gasteiger partial charge in [0.05, 0.1) is 43.0 Å². The number of hydrogen-bond acceptors (Lipinski definition) is 11. The van der Waals surface area contributed by atoms with Crippen molar-refractivity contribution < 1.29 is 43.2 Å². The second-order valence-corrected chi connectivity index (χ2v) is 13.2. The minimum Gasteiger partial charge on any atom is -0.511 e. The fraction of sp³-hybridized carbons (Fsp3) is 0.606. The number of nitrogens with one attached hydrogen (secondary N) is 1. The number of ether oxygens (including phenoxy) is 5. The number of benzene rings is 1. The van der Waals surface area contributed by atoms with Crippen molar-refractivity contribution >= 4 is 23.5 Å². The predicted molar refractivity (Wildman–Crippen MR) is 162 cm³/mol. The van der Waals surface area contributed by atoms with Crippen LogP contribution in [0.1, 0.15) is 45.2 Å². The Morgan fingerprint density at radius 3 is 2.18 bits per heavy atom. The molecule has 2 N–H and O–H groups in total. The Morgan fingerprint density at radius 2 is 1.62 bits per heavy atom. The molecule has 244 valence electrons. The molecular formula is C33H43N3O9. The molecule has 2 aliphatic heterocycles. The lowest BCUT2D eigenvalue weighted by atomic mass is 9.50. The molecule has 1 aromatic carbocycles. The summed E-state index contributed by atoms with van der Waals surface area (Å²) in [5, 5.41) is 15.3. The van der Waals surface area contributed by atoms with Gasteiger partial charge in [-0.05, 0) is 75.9 Å². The number of rotatable bonds is 4. The smallest absolute Gasteiger partial charge is 0.308 e. The van der Waals surface area contributed by atoms with Gasteiger partial charge in [-0.3, -0.25) is 19.7 Å². The summed E-state index contributed by atoms with van der Waals surface area (Å²) in [5.41, 5.74) is 2.48. The number of carbonyl (C=O) groups is 3. The fourth-order valence-corrected chi connectivity index (χ4v) is 8.82. The van der Waals surface area contributed by atoms with E-state index in [1.54, 1.807) is 6.07 Å². The third-order valence-electron chi connectivity index (χ3n) is 10.2. The SMILES string of the molecule is CC(=O)NC(=O)C1=C(C)[C@@H](N(C)C)[C@@H]2C[C@@H]3Cc4c(N(C)C)ccc(OC(C)=O)c4C4(OCCO4)C3=C(O)[C@]2(C)C12OCCO2. The van der Waals surface area contributed by atoms with E-state index in [2.05, 4.69) is 5.32 Å². The Morgan fingerprint density at radius 1 is 1.00 bits per heavy atom. The van der Waals surface area contributed by atoms with Gasteiger partial charge in [0.15, 0.2) is 0 Å². The number of amides is 2. The molecule has 6 rings (SSSR count). The Balaban J connectivity index is 1.67. The number of aliphatic hydroxyl groups excluding tert-OH is 1. The lowest BCUT2D eigenvalue weighted by molar-refractivity contribution is -0.241. The van der Waals surface area contributed by atoms with Gasteiger partial charge in [-0.2, -0.15) is 0 Å². The Hall–Kier alpha value is -3.29. The molecule has 2 fully saturated rings. The number of aliphatic hydroxyl groups is 1. The maximum atomic E-state index is 13.8. The lowest BCUT2D eigenvalue weighted by Gasteiger charge is -2.60. The molecule has 2 heterocycles. The summed E-state index contributed by atoms with van der Waals surface area (Å²) in [5.74, 6) is -5.15. The largest absolute Gasteiger partial charge is 0.511 e. The minimum atomic E-state index is -1.69. The van der Waals surface area contributed by atoms with Crippen molar-refractivity contribution in [2.45, 2.75) is 58.2 Å². The van der Waals surface area contributed by atoms with Crippen LogP contribution in [0, 0.1) is 17.3 Å². The van der Waals surface area contributed by atoms with Crippen molar-refractivity contribution in [2.24, 2.45) is 17.3 Å². The van der Waals surface area contributed by atoms with Crippen molar-refractivity contribution in [3.63, 3.8) is 0 Å². The van der Waals surface area contributed by atoms with Crippen molar-refractivity contribution in [3.05, 3.63) is 45.7 Å². The first-order valence-corrected chi connectivity index (χ1v) is 15.4. The Labute approximate surface area is 263 Å². The number of nitrogens with zero attached hydrogens (tertiary/aromatic N) is 2. The minimum absolute atomic E-state index is 0.0466. The summed E-state index contributed by atoms with van der Waals surface area (Å²) >= 11 is 0. The van der Waals surface area contributed by atoms with E-state index in [9.17, 15) is 19.5 Å². The topological polar surface area (TPSA) is 136 Å². The zero-order valence-electron chi connectivity index (χ0n) is 27.2. The van der Waals surface area contributed by atoms with Gasteiger partial charge in [0.1, 0.15) is 11.5 Å². The monoisotopic (exact) mass is 625 g/mol. The first-order valence-electron chi connectivity index (χ1n) is 15.4. The van der Waals surface area contributed by atoms with Crippen molar-refractivity contribution in [3.8, 4) is 5.75 Å². The van der Waals surface area contributed by atoms with Gasteiger partial charge < -0.3 is 38.6 Å². The summed E-state index contributed by atoms with van der Waals surface area (Å²) in [7, 11) is 7.79. The number of imide groups is 1. The van der Waals surface area contributed by atoms with E-state index < -0.39 is 34.8 Å². The van der Waals surface area contributed by atoms with Gasteiger partial charge in [0.2, 0.25) is 17.5 Å². The van der Waals surface area contributed by atoms with Crippen LogP contribution in [0.25, 0.3) is 0 Å². The van der Waals surface area contributed by atoms with Gasteiger partial charge in [-0.15, -0.1) is 0 Å². The predicted octanol–water partition coefficient (Wildman–Crippen LogP) is 2.55. The third-order valence-corrected chi connectivity index (χ3v) is 10.2. The molecule has 0 bridgehead atoms. The molecule has 45 heavy (non-hydrogen) atoms. The standard InChI is InChI=1S/C33H43N3O9/c1-17-25(30(40)34-18(2)37)33(43-13-14-44-33)31(4)22(28(17)36(7)8)16-20-15-21-23(35(5)6)9-10-24(45-19(3)38)27(21)32(26(20)29(31)39)41-11-12-42-32/h9-10,20,22,28,39H,11-16H2,1-8H3,(H,34,37,40)/t20-,22-,28+,31+/m0/s1. The number of anilines is 1. The summed E-state index contributed by atoms with van der Waals surface area (Å²) in [6, 6.07) is 3.34. The summed E-state index contributed by atoms with van der Waals surface area (Å²) in [6.45, 7) is 7.24. The molecule has 2 saturated heterocycles. The second kappa shape index (κ2) is 10.9. The number of hydrogen-bond donors (Lipinski definition) is 2. The molecule has 0 aromatic heterocycles. The fourth-order valence-electron chi connectivity index (χ4n) is 8.82. The van der Waals surface area contributed by atoms with Gasteiger partial charge in [-0.25, -0.2) is 0 Å². The second-order valence-electron chi connectivity index (χ2n) is 13.2. The van der Waals surface area contributed by atoms with E-state index in [-0.39, 0.29) is 55.6 Å². The molecule has 4 atom stereocenters. The number of esters is 1. The van der Waals surface area contributed by atoms with E-state index in [0.717, 1.165) is 11.3 Å². The quantitative estimate of drug-likeness (QED) is 0.378. The van der Waals surface area contributed by atoms with Gasteiger partial charge in [-0.1, -0.05) is 0 Å². The maximum absolute atomic E-state index is 13.8. The highest BCUT2D eigenvalue weighted by molar-refractivity contribution is 6.05. The summed E-state index contributed by atoms with van der Waals surface area (Å²) in [4.78, 5) is 42.3. The van der Waals surface area contributed by atoms with Gasteiger partial charge >= 0.3 is 5.97 Å². The highest BCUT2D eigenvalue weighted by atomic mass is 16.7. The average molecular weight is 626 g/mol. The van der Waals surface area contributed by atoms with Crippen LogP contribution in [-0.2, 0) is 45.5 Å². The molecule has 2 amide bonds. The maximum Gasteiger partial charge on any atom is 0.308 e. The van der Waals surface area contributed by atoms with Crippen molar-refractivity contribution in [1.82, 2.24) is 10.2 Å². The van der Waals surface area contributed by atoms with Crippen LogP contribution < -0.4 is 15.0 Å². The van der Waals surface area contributed by atoms with E-state index >= 15 is 0 Å².